The average Bonchev–Trinajstić information content (AvgIpc) is 2.65. The van der Waals surface area contributed by atoms with Crippen molar-refractivity contribution in [2.24, 2.45) is 0 Å². The number of rotatable bonds is 9. The lowest BCUT2D eigenvalue weighted by atomic mass is 10.0. The van der Waals surface area contributed by atoms with Crippen LogP contribution in [0.15, 0.2) is 48.5 Å². The minimum absolute atomic E-state index is 0.0939. The Morgan fingerprint density at radius 1 is 1.00 bits per heavy atom. The number of amides is 1. The summed E-state index contributed by atoms with van der Waals surface area (Å²) in [7, 11) is 1.68. The Morgan fingerprint density at radius 3 is 2.35 bits per heavy atom. The molecule has 0 spiro atoms. The van der Waals surface area contributed by atoms with Crippen molar-refractivity contribution in [1.82, 2.24) is 5.32 Å². The van der Waals surface area contributed by atoms with Gasteiger partial charge in [0, 0.05) is 6.54 Å². The van der Waals surface area contributed by atoms with Gasteiger partial charge in [-0.15, -0.1) is 0 Å². The van der Waals surface area contributed by atoms with Crippen molar-refractivity contribution < 1.29 is 14.3 Å². The largest absolute Gasteiger partial charge is 0.496 e. The van der Waals surface area contributed by atoms with Crippen molar-refractivity contribution in [3.63, 3.8) is 0 Å². The molecule has 0 saturated carbocycles. The van der Waals surface area contributed by atoms with Gasteiger partial charge in [0.1, 0.15) is 11.5 Å². The van der Waals surface area contributed by atoms with Crippen molar-refractivity contribution in [1.29, 1.82) is 0 Å². The number of ether oxygens (including phenoxy) is 2. The van der Waals surface area contributed by atoms with E-state index in [2.05, 4.69) is 25.2 Å². The van der Waals surface area contributed by atoms with E-state index in [0.717, 1.165) is 35.5 Å². The molecule has 0 radical (unpaired) electrons. The van der Waals surface area contributed by atoms with Crippen molar-refractivity contribution >= 4 is 5.91 Å². The number of hydrogen-bond acceptors (Lipinski definition) is 3. The first-order valence-corrected chi connectivity index (χ1v) is 9.18. The highest BCUT2D eigenvalue weighted by Crippen LogP contribution is 2.26. The molecular weight excluding hydrogens is 326 g/mol. The fraction of sp³-hybridized carbons (Fsp3) is 0.409. The Balaban J connectivity index is 1.81. The second kappa shape index (κ2) is 9.85. The molecule has 0 aliphatic rings. The monoisotopic (exact) mass is 355 g/mol. The van der Waals surface area contributed by atoms with E-state index in [9.17, 15) is 4.79 Å². The van der Waals surface area contributed by atoms with Crippen LogP contribution < -0.4 is 14.8 Å². The maximum absolute atomic E-state index is 12.3. The van der Waals surface area contributed by atoms with Crippen LogP contribution in [0.2, 0.25) is 0 Å². The van der Waals surface area contributed by atoms with Crippen LogP contribution in [0.1, 0.15) is 44.2 Å². The van der Waals surface area contributed by atoms with Gasteiger partial charge in [0.15, 0.2) is 6.10 Å². The molecule has 0 saturated heterocycles. The first kappa shape index (κ1) is 19.8. The molecule has 1 unspecified atom stereocenters. The van der Waals surface area contributed by atoms with Crippen LogP contribution in [0.5, 0.6) is 11.5 Å². The summed E-state index contributed by atoms with van der Waals surface area (Å²) in [5, 5.41) is 2.95. The summed E-state index contributed by atoms with van der Waals surface area (Å²) in [5.41, 5.74) is 2.27. The highest BCUT2D eigenvalue weighted by Gasteiger charge is 2.16. The zero-order valence-electron chi connectivity index (χ0n) is 16.1. The van der Waals surface area contributed by atoms with Gasteiger partial charge in [-0.05, 0) is 48.9 Å². The number of carbonyl (C=O) groups excluding carboxylic acids is 1. The summed E-state index contributed by atoms with van der Waals surface area (Å²) >= 11 is 0. The van der Waals surface area contributed by atoms with Crippen LogP contribution in [0.25, 0.3) is 0 Å². The molecule has 0 bridgehead atoms. The summed E-state index contributed by atoms with van der Waals surface area (Å²) in [6, 6.07) is 15.8. The summed E-state index contributed by atoms with van der Waals surface area (Å²) < 4.78 is 11.2. The fourth-order valence-electron chi connectivity index (χ4n) is 2.85. The van der Waals surface area contributed by atoms with Crippen LogP contribution in [0, 0.1) is 0 Å². The zero-order chi connectivity index (χ0) is 18.9. The highest BCUT2D eigenvalue weighted by atomic mass is 16.5. The fourth-order valence-corrected chi connectivity index (χ4v) is 2.85. The number of benzene rings is 2. The molecule has 4 nitrogen and oxygen atoms in total. The van der Waals surface area contributed by atoms with E-state index in [4.69, 9.17) is 9.47 Å². The van der Waals surface area contributed by atoms with Gasteiger partial charge in [0.05, 0.1) is 7.11 Å². The van der Waals surface area contributed by atoms with Crippen LogP contribution in [-0.2, 0) is 11.2 Å². The van der Waals surface area contributed by atoms with E-state index >= 15 is 0 Å². The lowest BCUT2D eigenvalue weighted by molar-refractivity contribution is -0.127. The van der Waals surface area contributed by atoms with Gasteiger partial charge in [0.2, 0.25) is 0 Å². The van der Waals surface area contributed by atoms with E-state index in [1.54, 1.807) is 14.0 Å². The molecule has 0 aliphatic heterocycles. The quantitative estimate of drug-likeness (QED) is 0.681. The third-order valence-corrected chi connectivity index (χ3v) is 4.33. The van der Waals surface area contributed by atoms with Crippen LogP contribution in [0.4, 0.5) is 0 Å². The van der Waals surface area contributed by atoms with Crippen LogP contribution >= 0.6 is 0 Å². The Morgan fingerprint density at radius 2 is 1.65 bits per heavy atom. The molecule has 4 heteroatoms. The molecule has 2 aromatic rings. The van der Waals surface area contributed by atoms with Gasteiger partial charge in [-0.2, -0.15) is 0 Å². The third-order valence-electron chi connectivity index (χ3n) is 4.33. The second-order valence-electron chi connectivity index (χ2n) is 6.66. The SMILES string of the molecule is COc1ccccc1CCCNC(=O)C(C)Oc1ccccc1C(C)C. The van der Waals surface area contributed by atoms with E-state index in [-0.39, 0.29) is 5.91 Å². The summed E-state index contributed by atoms with van der Waals surface area (Å²) in [6.07, 6.45) is 1.18. The van der Waals surface area contributed by atoms with E-state index < -0.39 is 6.10 Å². The molecule has 0 aliphatic carbocycles. The third kappa shape index (κ3) is 5.51. The molecular formula is C22H29NO3. The maximum atomic E-state index is 12.3. The van der Waals surface area contributed by atoms with E-state index in [0.29, 0.717) is 12.5 Å². The predicted molar refractivity (Wildman–Crippen MR) is 105 cm³/mol. The summed E-state index contributed by atoms with van der Waals surface area (Å²) in [4.78, 5) is 12.3. The summed E-state index contributed by atoms with van der Waals surface area (Å²) in [6.45, 7) is 6.62. The highest BCUT2D eigenvalue weighted by molar-refractivity contribution is 5.80. The van der Waals surface area contributed by atoms with Crippen LogP contribution in [-0.4, -0.2) is 25.7 Å². The van der Waals surface area contributed by atoms with Crippen LogP contribution in [0.3, 0.4) is 0 Å². The second-order valence-corrected chi connectivity index (χ2v) is 6.66. The predicted octanol–water partition coefficient (Wildman–Crippen LogP) is 4.33. The molecule has 1 amide bonds. The average molecular weight is 355 g/mol. The van der Waals surface area contributed by atoms with Crippen molar-refractivity contribution in [3.05, 3.63) is 59.7 Å². The molecule has 2 aromatic carbocycles. The molecule has 140 valence electrons. The van der Waals surface area contributed by atoms with Gasteiger partial charge in [-0.3, -0.25) is 4.79 Å². The molecule has 0 fully saturated rings. The Hall–Kier alpha value is -2.49. The molecule has 1 atom stereocenters. The standard InChI is InChI=1S/C22H29NO3/c1-16(2)19-12-6-8-14-21(19)26-17(3)22(24)23-15-9-11-18-10-5-7-13-20(18)25-4/h5-8,10,12-14,16-17H,9,11,15H2,1-4H3,(H,23,24). The number of nitrogens with one attached hydrogen (secondary N) is 1. The number of para-hydroxylation sites is 2. The minimum Gasteiger partial charge on any atom is -0.496 e. The van der Waals surface area contributed by atoms with Crippen molar-refractivity contribution in [2.75, 3.05) is 13.7 Å². The van der Waals surface area contributed by atoms with Gasteiger partial charge in [-0.1, -0.05) is 50.2 Å². The number of aryl methyl sites for hydroxylation is 1. The van der Waals surface area contributed by atoms with Crippen molar-refractivity contribution in [2.45, 2.75) is 45.6 Å². The lowest BCUT2D eigenvalue weighted by Gasteiger charge is -2.18. The minimum atomic E-state index is -0.527. The maximum Gasteiger partial charge on any atom is 0.260 e. The molecule has 26 heavy (non-hydrogen) atoms. The normalized spacial score (nSPS) is 11.9. The topological polar surface area (TPSA) is 47.6 Å². The van der Waals surface area contributed by atoms with Gasteiger partial charge < -0.3 is 14.8 Å². The molecule has 0 heterocycles. The Kier molecular flexibility index (Phi) is 7.52. The van der Waals surface area contributed by atoms with Gasteiger partial charge >= 0.3 is 0 Å². The molecule has 2 rings (SSSR count). The number of methoxy groups -OCH3 is 1. The van der Waals surface area contributed by atoms with E-state index in [1.165, 1.54) is 0 Å². The Bertz CT molecular complexity index is 712. The van der Waals surface area contributed by atoms with Gasteiger partial charge in [0.25, 0.3) is 5.91 Å². The van der Waals surface area contributed by atoms with Gasteiger partial charge in [-0.25, -0.2) is 0 Å². The zero-order valence-corrected chi connectivity index (χ0v) is 16.1. The number of hydrogen-bond donors (Lipinski definition) is 1. The summed E-state index contributed by atoms with van der Waals surface area (Å²) in [5.74, 6) is 1.92. The van der Waals surface area contributed by atoms with E-state index in [1.807, 2.05) is 42.5 Å². The first-order chi connectivity index (χ1) is 12.5. The first-order valence-electron chi connectivity index (χ1n) is 9.18. The Labute approximate surface area is 156 Å². The lowest BCUT2D eigenvalue weighted by Crippen LogP contribution is -2.37. The molecule has 0 aromatic heterocycles. The van der Waals surface area contributed by atoms with Crippen molar-refractivity contribution in [3.8, 4) is 11.5 Å². The number of carbonyl (C=O) groups is 1. The molecule has 1 N–H and O–H groups in total. The smallest absolute Gasteiger partial charge is 0.260 e.